The van der Waals surface area contributed by atoms with Gasteiger partial charge in [0.15, 0.2) is 0 Å². The Morgan fingerprint density at radius 1 is 1.00 bits per heavy atom. The van der Waals surface area contributed by atoms with Gasteiger partial charge in [-0.1, -0.05) is 48.5 Å². The number of nitro benzene ring substituents is 1. The topological polar surface area (TPSA) is 98.8 Å². The first-order chi connectivity index (χ1) is 17.5. The molecule has 0 spiro atoms. The molecule has 178 valence electrons. The molecule has 36 heavy (non-hydrogen) atoms. The highest BCUT2D eigenvalue weighted by Crippen LogP contribution is 2.36. The molecule has 0 unspecified atom stereocenters. The Bertz CT molecular complexity index is 1580. The van der Waals surface area contributed by atoms with Crippen LogP contribution >= 0.6 is 0 Å². The lowest BCUT2D eigenvalue weighted by Crippen LogP contribution is -2.10. The van der Waals surface area contributed by atoms with E-state index in [-0.39, 0.29) is 11.3 Å². The number of ether oxygens (including phenoxy) is 1. The molecule has 5 aromatic rings. The lowest BCUT2D eigenvalue weighted by molar-refractivity contribution is -0.384. The molecule has 0 saturated carbocycles. The number of aromatic nitrogens is 2. The molecule has 3 aromatic carbocycles. The molecule has 0 saturated heterocycles. The molecule has 0 aliphatic heterocycles. The van der Waals surface area contributed by atoms with Crippen LogP contribution in [0.5, 0.6) is 5.75 Å². The van der Waals surface area contributed by atoms with Gasteiger partial charge in [-0.25, -0.2) is 9.78 Å². The molecule has 0 bridgehead atoms. The van der Waals surface area contributed by atoms with Crippen LogP contribution in [0.2, 0.25) is 0 Å². The monoisotopic (exact) mass is 478 g/mol. The second-order valence-corrected chi connectivity index (χ2v) is 8.27. The van der Waals surface area contributed by atoms with E-state index in [0.717, 1.165) is 22.6 Å². The first-order valence-corrected chi connectivity index (χ1v) is 11.3. The molecule has 5 rings (SSSR count). The van der Waals surface area contributed by atoms with Crippen molar-refractivity contribution in [3.8, 4) is 17.0 Å². The number of carbonyl (C=O) groups is 1. The average Bonchev–Trinajstić information content (AvgIpc) is 3.25. The lowest BCUT2D eigenvalue weighted by atomic mass is 10.1. The SMILES string of the molecule is Cc1ccn2c(NCc3ccccc3)c(-c3ccccc3OC(=O)c3cccc([N+](=O)[O-])c3)nc2c1. The van der Waals surface area contributed by atoms with Crippen molar-refractivity contribution >= 4 is 23.1 Å². The summed E-state index contributed by atoms with van der Waals surface area (Å²) in [5.74, 6) is 0.370. The van der Waals surface area contributed by atoms with Crippen molar-refractivity contribution in [2.24, 2.45) is 0 Å². The van der Waals surface area contributed by atoms with Crippen LogP contribution in [0.15, 0.2) is 97.2 Å². The highest BCUT2D eigenvalue weighted by atomic mass is 16.6. The summed E-state index contributed by atoms with van der Waals surface area (Å²) >= 11 is 0. The molecule has 2 aromatic heterocycles. The first-order valence-electron chi connectivity index (χ1n) is 11.3. The molecular formula is C28H22N4O4. The number of non-ortho nitro benzene ring substituents is 1. The lowest BCUT2D eigenvalue weighted by Gasteiger charge is -2.12. The van der Waals surface area contributed by atoms with Crippen molar-refractivity contribution in [1.29, 1.82) is 0 Å². The van der Waals surface area contributed by atoms with Gasteiger partial charge in [0.1, 0.15) is 22.9 Å². The molecule has 0 amide bonds. The highest BCUT2D eigenvalue weighted by molar-refractivity contribution is 5.93. The van der Waals surface area contributed by atoms with Gasteiger partial charge in [0, 0.05) is 30.4 Å². The second-order valence-electron chi connectivity index (χ2n) is 8.27. The third kappa shape index (κ3) is 4.65. The van der Waals surface area contributed by atoms with Crippen LogP contribution < -0.4 is 10.1 Å². The largest absolute Gasteiger partial charge is 0.422 e. The van der Waals surface area contributed by atoms with E-state index < -0.39 is 10.9 Å². The Balaban J connectivity index is 1.54. The van der Waals surface area contributed by atoms with Gasteiger partial charge in [0.05, 0.1) is 10.5 Å². The molecular weight excluding hydrogens is 456 g/mol. The number of hydrogen-bond acceptors (Lipinski definition) is 6. The van der Waals surface area contributed by atoms with Crippen molar-refractivity contribution in [2.45, 2.75) is 13.5 Å². The maximum absolute atomic E-state index is 12.9. The molecule has 0 aliphatic carbocycles. The fourth-order valence-electron chi connectivity index (χ4n) is 3.94. The second kappa shape index (κ2) is 9.71. The summed E-state index contributed by atoms with van der Waals surface area (Å²) in [5.41, 5.74) is 4.08. The number of rotatable bonds is 7. The Labute approximate surface area is 207 Å². The Hall–Kier alpha value is -4.98. The zero-order valence-electron chi connectivity index (χ0n) is 19.4. The predicted molar refractivity (Wildman–Crippen MR) is 137 cm³/mol. The smallest absolute Gasteiger partial charge is 0.343 e. The Morgan fingerprint density at radius 3 is 2.58 bits per heavy atom. The molecule has 0 radical (unpaired) electrons. The Kier molecular flexibility index (Phi) is 6.15. The average molecular weight is 479 g/mol. The van der Waals surface area contributed by atoms with Crippen LogP contribution in [0.25, 0.3) is 16.9 Å². The predicted octanol–water partition coefficient (Wildman–Crippen LogP) is 6.05. The van der Waals surface area contributed by atoms with Gasteiger partial charge in [-0.3, -0.25) is 14.5 Å². The third-order valence-corrected chi connectivity index (χ3v) is 5.72. The molecule has 2 heterocycles. The molecule has 0 atom stereocenters. The van der Waals surface area contributed by atoms with Gasteiger partial charge in [-0.2, -0.15) is 0 Å². The quantitative estimate of drug-likeness (QED) is 0.132. The van der Waals surface area contributed by atoms with E-state index in [4.69, 9.17) is 9.72 Å². The van der Waals surface area contributed by atoms with Crippen LogP contribution in [0, 0.1) is 17.0 Å². The summed E-state index contributed by atoms with van der Waals surface area (Å²) in [5, 5.41) is 14.6. The van der Waals surface area contributed by atoms with Crippen LogP contribution in [0.4, 0.5) is 11.5 Å². The molecule has 1 N–H and O–H groups in total. The number of aryl methyl sites for hydroxylation is 1. The van der Waals surface area contributed by atoms with E-state index in [9.17, 15) is 14.9 Å². The first kappa shape index (κ1) is 22.8. The maximum atomic E-state index is 12.9. The number of nitro groups is 1. The number of esters is 1. The van der Waals surface area contributed by atoms with Crippen molar-refractivity contribution in [3.05, 3.63) is 124 Å². The van der Waals surface area contributed by atoms with Crippen LogP contribution in [0.3, 0.4) is 0 Å². The number of para-hydroxylation sites is 1. The number of pyridine rings is 1. The third-order valence-electron chi connectivity index (χ3n) is 5.72. The fraction of sp³-hybridized carbons (Fsp3) is 0.0714. The minimum absolute atomic E-state index is 0.0899. The molecule has 8 nitrogen and oxygen atoms in total. The fourth-order valence-corrected chi connectivity index (χ4v) is 3.94. The van der Waals surface area contributed by atoms with Crippen LogP contribution in [-0.2, 0) is 6.54 Å². The number of nitrogens with zero attached hydrogens (tertiary/aromatic N) is 3. The van der Waals surface area contributed by atoms with Crippen LogP contribution in [0.1, 0.15) is 21.5 Å². The summed E-state index contributed by atoms with van der Waals surface area (Å²) in [6.07, 6.45) is 1.95. The van der Waals surface area contributed by atoms with Crippen molar-refractivity contribution < 1.29 is 14.5 Å². The Morgan fingerprint density at radius 2 is 1.78 bits per heavy atom. The summed E-state index contributed by atoms with van der Waals surface area (Å²) in [4.78, 5) is 28.3. The number of nitrogens with one attached hydrogen (secondary N) is 1. The zero-order chi connectivity index (χ0) is 25.1. The molecule has 8 heteroatoms. The van der Waals surface area contributed by atoms with E-state index in [1.165, 1.54) is 24.3 Å². The van der Waals surface area contributed by atoms with E-state index in [1.807, 2.05) is 72.1 Å². The number of benzene rings is 3. The van der Waals surface area contributed by atoms with Crippen molar-refractivity contribution in [1.82, 2.24) is 9.38 Å². The number of imidazole rings is 1. The normalized spacial score (nSPS) is 10.8. The molecule has 0 fully saturated rings. The van der Waals surface area contributed by atoms with Crippen molar-refractivity contribution in [2.75, 3.05) is 5.32 Å². The summed E-state index contributed by atoms with van der Waals surface area (Å²) in [7, 11) is 0. The minimum Gasteiger partial charge on any atom is -0.422 e. The van der Waals surface area contributed by atoms with E-state index in [0.29, 0.717) is 23.6 Å². The van der Waals surface area contributed by atoms with Crippen LogP contribution in [-0.4, -0.2) is 20.3 Å². The van der Waals surface area contributed by atoms with Gasteiger partial charge < -0.3 is 10.1 Å². The number of fused-ring (bicyclic) bond motifs is 1. The standard InChI is InChI=1S/C28H22N4O4/c1-19-14-15-31-25(16-19)30-26(27(31)29-18-20-8-3-2-4-9-20)23-12-5-6-13-24(23)36-28(33)21-10-7-11-22(17-21)32(34)35/h2-17,29H,18H2,1H3. The van der Waals surface area contributed by atoms with Gasteiger partial charge in [-0.15, -0.1) is 0 Å². The minimum atomic E-state index is -0.690. The van der Waals surface area contributed by atoms with Gasteiger partial charge >= 0.3 is 5.97 Å². The van der Waals surface area contributed by atoms with Gasteiger partial charge in [0.2, 0.25) is 0 Å². The highest BCUT2D eigenvalue weighted by Gasteiger charge is 2.20. The summed E-state index contributed by atoms with van der Waals surface area (Å²) in [6, 6.07) is 26.6. The maximum Gasteiger partial charge on any atom is 0.343 e. The summed E-state index contributed by atoms with van der Waals surface area (Å²) in [6.45, 7) is 2.57. The number of carbonyl (C=O) groups excluding carboxylic acids is 1. The number of anilines is 1. The van der Waals surface area contributed by atoms with Gasteiger partial charge in [0.25, 0.3) is 5.69 Å². The molecule has 0 aliphatic rings. The van der Waals surface area contributed by atoms with Crippen molar-refractivity contribution in [3.63, 3.8) is 0 Å². The zero-order valence-corrected chi connectivity index (χ0v) is 19.4. The van der Waals surface area contributed by atoms with E-state index in [2.05, 4.69) is 5.32 Å². The van der Waals surface area contributed by atoms with Gasteiger partial charge in [-0.05, 0) is 48.4 Å². The van der Waals surface area contributed by atoms with E-state index >= 15 is 0 Å². The summed E-state index contributed by atoms with van der Waals surface area (Å²) < 4.78 is 7.68. The van der Waals surface area contributed by atoms with E-state index in [1.54, 1.807) is 12.1 Å². The number of hydrogen-bond donors (Lipinski definition) is 1.